The summed E-state index contributed by atoms with van der Waals surface area (Å²) in [6.07, 6.45) is 0.434. The van der Waals surface area contributed by atoms with Gasteiger partial charge in [-0.05, 0) is 43.7 Å². The summed E-state index contributed by atoms with van der Waals surface area (Å²) >= 11 is 1.45. The van der Waals surface area contributed by atoms with E-state index in [0.29, 0.717) is 65.5 Å². The lowest BCUT2D eigenvalue weighted by Gasteiger charge is -2.25. The molecule has 5 rings (SSSR count). The number of pyridine rings is 2. The second-order valence-electron chi connectivity index (χ2n) is 9.65. The normalized spacial score (nSPS) is 17.6. The average Bonchev–Trinajstić information content (AvgIpc) is 3.33. The van der Waals surface area contributed by atoms with Crippen LogP contribution in [0.4, 0.5) is 20.6 Å². The molecule has 0 unspecified atom stereocenters. The zero-order chi connectivity index (χ0) is 28.2. The van der Waals surface area contributed by atoms with Gasteiger partial charge in [0.25, 0.3) is 0 Å². The van der Waals surface area contributed by atoms with Crippen LogP contribution >= 0.6 is 11.8 Å². The summed E-state index contributed by atoms with van der Waals surface area (Å²) in [4.78, 5) is 37.2. The topological polar surface area (TPSA) is 137 Å². The van der Waals surface area contributed by atoms with Gasteiger partial charge in [0.2, 0.25) is 11.8 Å². The maximum Gasteiger partial charge on any atom is 0.414 e. The van der Waals surface area contributed by atoms with E-state index < -0.39 is 24.6 Å². The molecule has 0 saturated carbocycles. The molecule has 212 valence electrons. The standard InChI is InChI=1S/C27H30FN5O6S/c1-38-25-7-5-21-26(31-25)19(20(28)10-29-21)13-32(11-17(35)14-34)8-2-3-18-12-33(27(37)39-18)16-4-6-23-22(9-16)30-24(36)15-40-23/h4-7,9-10,17-18,34-35H,2-3,8,11-15H2,1H3,(H,30,36)/t17-,18+/m1/s1. The average molecular weight is 572 g/mol. The molecule has 1 aromatic carbocycles. The number of rotatable bonds is 11. The van der Waals surface area contributed by atoms with Gasteiger partial charge in [0, 0.05) is 35.3 Å². The van der Waals surface area contributed by atoms with Gasteiger partial charge in [-0.2, -0.15) is 0 Å². The molecule has 4 heterocycles. The number of nitrogens with one attached hydrogen (secondary N) is 1. The molecular formula is C27H30FN5O6S. The van der Waals surface area contributed by atoms with Crippen molar-refractivity contribution in [1.82, 2.24) is 14.9 Å². The quantitative estimate of drug-likeness (QED) is 0.315. The number of aromatic nitrogens is 2. The molecule has 0 aliphatic carbocycles. The summed E-state index contributed by atoms with van der Waals surface area (Å²) in [7, 11) is 1.48. The van der Waals surface area contributed by atoms with E-state index in [0.717, 1.165) is 11.1 Å². The predicted octanol–water partition coefficient (Wildman–Crippen LogP) is 2.78. The Kier molecular flexibility index (Phi) is 8.64. The molecule has 13 heteroatoms. The van der Waals surface area contributed by atoms with Gasteiger partial charge < -0.3 is 25.0 Å². The van der Waals surface area contributed by atoms with Crippen molar-refractivity contribution in [3.63, 3.8) is 0 Å². The monoisotopic (exact) mass is 571 g/mol. The van der Waals surface area contributed by atoms with E-state index in [4.69, 9.17) is 9.47 Å². The first-order valence-corrected chi connectivity index (χ1v) is 13.9. The minimum atomic E-state index is -1.01. The number of fused-ring (bicyclic) bond motifs is 2. The van der Waals surface area contributed by atoms with Crippen LogP contribution in [0.5, 0.6) is 5.88 Å². The van der Waals surface area contributed by atoms with E-state index in [9.17, 15) is 24.2 Å². The highest BCUT2D eigenvalue weighted by molar-refractivity contribution is 8.00. The molecule has 2 amide bonds. The molecule has 3 aromatic rings. The maximum absolute atomic E-state index is 14.9. The summed E-state index contributed by atoms with van der Waals surface area (Å²) in [5, 5.41) is 22.4. The van der Waals surface area contributed by atoms with E-state index in [-0.39, 0.29) is 25.1 Å². The zero-order valence-corrected chi connectivity index (χ0v) is 22.7. The Bertz CT molecular complexity index is 1410. The number of aliphatic hydroxyl groups excluding tert-OH is 2. The second kappa shape index (κ2) is 12.3. The number of halogens is 1. The van der Waals surface area contributed by atoms with Gasteiger partial charge in [-0.15, -0.1) is 11.8 Å². The third-order valence-corrected chi connectivity index (χ3v) is 7.87. The molecule has 2 aliphatic rings. The molecule has 2 aliphatic heterocycles. The third-order valence-electron chi connectivity index (χ3n) is 6.79. The van der Waals surface area contributed by atoms with Crippen LogP contribution in [0.3, 0.4) is 0 Å². The molecule has 0 bridgehead atoms. The Morgan fingerprint density at radius 2 is 2.17 bits per heavy atom. The fourth-order valence-electron chi connectivity index (χ4n) is 4.82. The number of anilines is 2. The van der Waals surface area contributed by atoms with Gasteiger partial charge >= 0.3 is 6.09 Å². The highest BCUT2D eigenvalue weighted by Crippen LogP contribution is 2.35. The molecule has 11 nitrogen and oxygen atoms in total. The Hall–Kier alpha value is -3.52. The van der Waals surface area contributed by atoms with Crippen LogP contribution in [0.25, 0.3) is 11.0 Å². The fourth-order valence-corrected chi connectivity index (χ4v) is 5.61. The number of nitrogens with zero attached hydrogens (tertiary/aromatic N) is 4. The number of aliphatic hydroxyl groups is 2. The van der Waals surface area contributed by atoms with Gasteiger partial charge in [-0.25, -0.2) is 14.2 Å². The highest BCUT2D eigenvalue weighted by Gasteiger charge is 2.33. The lowest BCUT2D eigenvalue weighted by Crippen LogP contribution is -2.35. The number of ether oxygens (including phenoxy) is 2. The van der Waals surface area contributed by atoms with Crippen LogP contribution in [0.1, 0.15) is 18.4 Å². The highest BCUT2D eigenvalue weighted by atomic mass is 32.2. The molecule has 40 heavy (non-hydrogen) atoms. The fraction of sp³-hybridized carbons (Fsp3) is 0.407. The van der Waals surface area contributed by atoms with Gasteiger partial charge in [0.1, 0.15) is 17.4 Å². The van der Waals surface area contributed by atoms with Crippen LogP contribution in [-0.2, 0) is 16.1 Å². The Morgan fingerprint density at radius 1 is 1.32 bits per heavy atom. The van der Waals surface area contributed by atoms with Crippen LogP contribution in [0.2, 0.25) is 0 Å². The van der Waals surface area contributed by atoms with Crippen molar-refractivity contribution in [1.29, 1.82) is 0 Å². The number of methoxy groups -OCH3 is 1. The van der Waals surface area contributed by atoms with Crippen LogP contribution < -0.4 is 15.0 Å². The Balaban J connectivity index is 1.24. The molecule has 3 N–H and O–H groups in total. The third kappa shape index (κ3) is 6.28. The number of cyclic esters (lactones) is 1. The second-order valence-corrected chi connectivity index (χ2v) is 10.7. The van der Waals surface area contributed by atoms with E-state index in [1.807, 2.05) is 17.0 Å². The maximum atomic E-state index is 14.9. The predicted molar refractivity (Wildman–Crippen MR) is 147 cm³/mol. The molecule has 0 spiro atoms. The number of carbonyl (C=O) groups excluding carboxylic acids is 2. The lowest BCUT2D eigenvalue weighted by molar-refractivity contribution is -0.113. The summed E-state index contributed by atoms with van der Waals surface area (Å²) in [6, 6.07) is 8.84. The van der Waals surface area contributed by atoms with Crippen molar-refractivity contribution in [2.24, 2.45) is 0 Å². The smallest absolute Gasteiger partial charge is 0.414 e. The molecule has 1 saturated heterocycles. The van der Waals surface area contributed by atoms with Crippen molar-refractivity contribution in [3.05, 3.63) is 47.9 Å². The van der Waals surface area contributed by atoms with Gasteiger partial charge in [0.15, 0.2) is 0 Å². The summed E-state index contributed by atoms with van der Waals surface area (Å²) < 4.78 is 25.7. The van der Waals surface area contributed by atoms with Crippen molar-refractivity contribution in [2.75, 3.05) is 49.3 Å². The zero-order valence-electron chi connectivity index (χ0n) is 21.9. The van der Waals surface area contributed by atoms with Gasteiger partial charge in [0.05, 0.1) is 49.5 Å². The SMILES string of the molecule is COc1ccc2ncc(F)c(CN(CCC[C@H]3CN(c4ccc5c(c4)NC(=O)CS5)C(=O)O3)C[C@@H](O)CO)c2n1. The molecule has 0 radical (unpaired) electrons. The Labute approximate surface area is 234 Å². The minimum absolute atomic E-state index is 0.0815. The minimum Gasteiger partial charge on any atom is -0.481 e. The van der Waals surface area contributed by atoms with E-state index in [1.54, 1.807) is 23.1 Å². The van der Waals surface area contributed by atoms with E-state index >= 15 is 0 Å². The molecule has 2 atom stereocenters. The first kappa shape index (κ1) is 28.0. The first-order valence-electron chi connectivity index (χ1n) is 12.9. The van der Waals surface area contributed by atoms with E-state index in [1.165, 1.54) is 18.9 Å². The summed E-state index contributed by atoms with van der Waals surface area (Å²) in [5.41, 5.74) is 2.51. The van der Waals surface area contributed by atoms with Crippen molar-refractivity contribution >= 4 is 46.2 Å². The number of benzene rings is 1. The van der Waals surface area contributed by atoms with Crippen molar-refractivity contribution in [2.45, 2.75) is 36.5 Å². The Morgan fingerprint density at radius 3 is 2.98 bits per heavy atom. The van der Waals surface area contributed by atoms with Gasteiger partial charge in [-0.1, -0.05) is 0 Å². The van der Waals surface area contributed by atoms with Crippen molar-refractivity contribution in [3.8, 4) is 5.88 Å². The number of amides is 2. The number of thioether (sulfide) groups is 1. The first-order chi connectivity index (χ1) is 19.3. The summed E-state index contributed by atoms with van der Waals surface area (Å²) in [6.45, 7) is 0.597. The van der Waals surface area contributed by atoms with Crippen LogP contribution in [0, 0.1) is 5.82 Å². The van der Waals surface area contributed by atoms with E-state index in [2.05, 4.69) is 15.3 Å². The van der Waals surface area contributed by atoms with Gasteiger partial charge in [-0.3, -0.25) is 19.6 Å². The molecular weight excluding hydrogens is 541 g/mol. The molecule has 2 aromatic heterocycles. The lowest BCUT2D eigenvalue weighted by atomic mass is 10.1. The number of hydrogen-bond donors (Lipinski definition) is 3. The number of hydrogen-bond acceptors (Lipinski definition) is 10. The van der Waals surface area contributed by atoms with Crippen molar-refractivity contribution < 1.29 is 33.7 Å². The largest absolute Gasteiger partial charge is 0.481 e. The summed E-state index contributed by atoms with van der Waals surface area (Å²) in [5.74, 6) is 0.0795. The number of carbonyl (C=O) groups is 2. The van der Waals surface area contributed by atoms with Crippen LogP contribution in [0.15, 0.2) is 41.4 Å². The van der Waals surface area contributed by atoms with Crippen LogP contribution in [-0.4, -0.2) is 88.4 Å². The molecule has 1 fully saturated rings.